The number of aliphatic hydroxyl groups is 1. The van der Waals surface area contributed by atoms with Crippen LogP contribution in [0, 0.1) is 11.2 Å². The van der Waals surface area contributed by atoms with Crippen LogP contribution in [0.4, 0.5) is 10.1 Å². The first-order chi connectivity index (χ1) is 21.4. The van der Waals surface area contributed by atoms with Gasteiger partial charge in [0.2, 0.25) is 6.41 Å². The van der Waals surface area contributed by atoms with Gasteiger partial charge < -0.3 is 31.6 Å². The minimum atomic E-state index is -0.545. The minimum Gasteiger partial charge on any atom is -0.392 e. The second kappa shape index (κ2) is 14.4. The molecule has 6 N–H and O–H groups in total. The number of hydrogen-bond donors (Lipinski definition) is 5. The molecule has 2 aromatic rings. The van der Waals surface area contributed by atoms with Crippen molar-refractivity contribution >= 4 is 41.9 Å². The van der Waals surface area contributed by atoms with Crippen molar-refractivity contribution in [1.29, 1.82) is 5.41 Å². The molecule has 45 heavy (non-hydrogen) atoms. The molecule has 1 amide bonds. The molecule has 12 nitrogen and oxygen atoms in total. The standard InChI is InChI=1S/C32H39FN8O4/c1-32(2,3)22-9-20(6-8-36-19-43)26(27(33)11-22)10-21(15-42)25(5-7-34)28-13-29(31(44)40(4)39-28)38-30(35)12-23-14-41(18-37-23)24-16-45-17-24/h5-13,19,24,34,37,42H,14-18H2,1-4H3,(H2,35,38)(H,36,43)/b8-6-,21-10+,23-12-,25-5+,34-7?. The number of nitrogens with one attached hydrogen (secondary N) is 3. The molecule has 0 aliphatic carbocycles. The van der Waals surface area contributed by atoms with Crippen LogP contribution in [0.1, 0.15) is 43.2 Å². The molecule has 0 bridgehead atoms. The van der Waals surface area contributed by atoms with Crippen molar-refractivity contribution in [2.24, 2.45) is 17.8 Å². The molecule has 13 heteroatoms. The van der Waals surface area contributed by atoms with Gasteiger partial charge in [0.25, 0.3) is 5.56 Å². The lowest BCUT2D eigenvalue weighted by molar-refractivity contribution is -0.108. The van der Waals surface area contributed by atoms with E-state index in [1.54, 1.807) is 18.2 Å². The third-order valence-corrected chi connectivity index (χ3v) is 7.45. The summed E-state index contributed by atoms with van der Waals surface area (Å²) in [7, 11) is 1.45. The summed E-state index contributed by atoms with van der Waals surface area (Å²) >= 11 is 0. The van der Waals surface area contributed by atoms with Crippen molar-refractivity contribution in [3.63, 3.8) is 0 Å². The van der Waals surface area contributed by atoms with Gasteiger partial charge in [0, 0.05) is 48.9 Å². The molecular formula is C32H39FN8O4. The number of amides is 1. The number of allylic oxidation sites excluding steroid dienone is 1. The van der Waals surface area contributed by atoms with Crippen LogP contribution in [0.5, 0.6) is 0 Å². The van der Waals surface area contributed by atoms with Crippen LogP contribution in [0.15, 0.2) is 57.6 Å². The molecule has 2 saturated heterocycles. The number of aromatic nitrogens is 2. The monoisotopic (exact) mass is 618 g/mol. The Kier molecular flexibility index (Phi) is 10.6. The summed E-state index contributed by atoms with van der Waals surface area (Å²) in [5.41, 5.74) is 8.25. The predicted molar refractivity (Wildman–Crippen MR) is 173 cm³/mol. The van der Waals surface area contributed by atoms with Crippen LogP contribution < -0.4 is 21.9 Å². The number of nitrogens with zero attached hydrogens (tertiary/aromatic N) is 4. The zero-order valence-electron chi connectivity index (χ0n) is 25.8. The number of amidine groups is 1. The number of ether oxygens (including phenoxy) is 1. The fourth-order valence-electron chi connectivity index (χ4n) is 4.84. The van der Waals surface area contributed by atoms with Crippen molar-refractivity contribution in [2.75, 3.05) is 33.0 Å². The zero-order chi connectivity index (χ0) is 32.7. The van der Waals surface area contributed by atoms with Crippen molar-refractivity contribution < 1.29 is 19.0 Å². The van der Waals surface area contributed by atoms with Crippen molar-refractivity contribution in [1.82, 2.24) is 25.3 Å². The summed E-state index contributed by atoms with van der Waals surface area (Å²) < 4.78 is 22.0. The number of rotatable bonds is 11. The minimum absolute atomic E-state index is 0.00321. The molecule has 0 radical (unpaired) electrons. The Hall–Kier alpha value is -4.72. The Labute approximate surface area is 261 Å². The van der Waals surface area contributed by atoms with Gasteiger partial charge in [-0.1, -0.05) is 26.8 Å². The molecule has 0 atom stereocenters. The number of aliphatic hydroxyl groups excluding tert-OH is 1. The highest BCUT2D eigenvalue weighted by Crippen LogP contribution is 2.31. The highest BCUT2D eigenvalue weighted by Gasteiger charge is 2.29. The lowest BCUT2D eigenvalue weighted by Crippen LogP contribution is -2.48. The number of aliphatic imine (C=N–C) groups is 1. The van der Waals surface area contributed by atoms with E-state index in [2.05, 4.69) is 25.6 Å². The van der Waals surface area contributed by atoms with Crippen molar-refractivity contribution in [3.05, 3.63) is 86.4 Å². The SMILES string of the molecule is Cn1nc(C(=C/C=N)/C(=C/c2c(F)cc(C(C)(C)C)cc2/C=C\NC=O)CO)cc(N=C(N)/C=C2/CN(C3COC3)CN2)c1=O. The quantitative estimate of drug-likeness (QED) is 0.110. The third-order valence-electron chi connectivity index (χ3n) is 7.45. The predicted octanol–water partition coefficient (Wildman–Crippen LogP) is 2.18. The average molecular weight is 619 g/mol. The number of hydrogen-bond acceptors (Lipinski definition) is 9. The Morgan fingerprint density at radius 1 is 1.33 bits per heavy atom. The maximum Gasteiger partial charge on any atom is 0.292 e. The van der Waals surface area contributed by atoms with Gasteiger partial charge in [-0.05, 0) is 52.5 Å². The maximum absolute atomic E-state index is 15.7. The summed E-state index contributed by atoms with van der Waals surface area (Å²) in [5.74, 6) is -0.438. The normalized spacial score (nSPS) is 17.9. The number of halogens is 1. The van der Waals surface area contributed by atoms with E-state index in [9.17, 15) is 14.7 Å². The highest BCUT2D eigenvalue weighted by molar-refractivity contribution is 5.95. The van der Waals surface area contributed by atoms with Gasteiger partial charge in [-0.25, -0.2) is 14.1 Å². The maximum atomic E-state index is 15.7. The van der Waals surface area contributed by atoms with Crippen LogP contribution in [0.25, 0.3) is 17.7 Å². The lowest BCUT2D eigenvalue weighted by atomic mass is 9.84. The van der Waals surface area contributed by atoms with Crippen LogP contribution in [0.2, 0.25) is 0 Å². The summed E-state index contributed by atoms with van der Waals surface area (Å²) in [5, 5.41) is 28.3. The van der Waals surface area contributed by atoms with Gasteiger partial charge >= 0.3 is 0 Å². The highest BCUT2D eigenvalue weighted by atomic mass is 19.1. The summed E-state index contributed by atoms with van der Waals surface area (Å²) in [6.45, 7) is 8.01. The fraction of sp³-hybridized carbons (Fsp3) is 0.344. The Balaban J connectivity index is 1.75. The van der Waals surface area contributed by atoms with Crippen LogP contribution in [-0.2, 0) is 22.0 Å². The topological polar surface area (TPSA) is 171 Å². The van der Waals surface area contributed by atoms with Gasteiger partial charge in [-0.2, -0.15) is 5.10 Å². The second-order valence-electron chi connectivity index (χ2n) is 11.7. The molecule has 0 spiro atoms. The van der Waals surface area contributed by atoms with E-state index in [4.69, 9.17) is 15.9 Å². The Morgan fingerprint density at radius 2 is 2.09 bits per heavy atom. The molecule has 2 aliphatic heterocycles. The van der Waals surface area contributed by atoms with E-state index in [1.807, 2.05) is 20.8 Å². The second-order valence-corrected chi connectivity index (χ2v) is 11.7. The summed E-state index contributed by atoms with van der Waals surface area (Å²) in [6.07, 6.45) is 8.96. The summed E-state index contributed by atoms with van der Waals surface area (Å²) in [4.78, 5) is 30.4. The molecule has 2 aliphatic rings. The third kappa shape index (κ3) is 8.06. The molecule has 0 saturated carbocycles. The van der Waals surface area contributed by atoms with Gasteiger partial charge in [0.1, 0.15) is 17.3 Å². The smallest absolute Gasteiger partial charge is 0.292 e. The van der Waals surface area contributed by atoms with E-state index < -0.39 is 18.0 Å². The first kappa shape index (κ1) is 33.2. The number of carbonyl (C=O) groups excluding carboxylic acids is 1. The Morgan fingerprint density at radius 3 is 2.71 bits per heavy atom. The molecule has 238 valence electrons. The number of carbonyl (C=O) groups is 1. The van der Waals surface area contributed by atoms with Gasteiger partial charge in [-0.3, -0.25) is 14.5 Å². The molecule has 4 rings (SSSR count). The molecule has 0 unspecified atom stereocenters. The first-order valence-corrected chi connectivity index (χ1v) is 14.4. The number of aryl methyl sites for hydroxylation is 1. The molecule has 1 aromatic heterocycles. The van der Waals surface area contributed by atoms with Crippen LogP contribution >= 0.6 is 0 Å². The van der Waals surface area contributed by atoms with E-state index in [0.29, 0.717) is 44.4 Å². The largest absolute Gasteiger partial charge is 0.392 e. The molecular weight excluding hydrogens is 579 g/mol. The zero-order valence-corrected chi connectivity index (χ0v) is 25.8. The van der Waals surface area contributed by atoms with Crippen molar-refractivity contribution in [2.45, 2.75) is 32.2 Å². The number of nitrogens with two attached hydrogens (primary N) is 1. The van der Waals surface area contributed by atoms with Gasteiger partial charge in [0.15, 0.2) is 0 Å². The Bertz CT molecular complexity index is 1660. The van der Waals surface area contributed by atoms with Crippen LogP contribution in [0.3, 0.4) is 0 Å². The first-order valence-electron chi connectivity index (χ1n) is 14.4. The van der Waals surface area contributed by atoms with E-state index in [1.165, 1.54) is 37.5 Å². The number of benzene rings is 1. The molecule has 1 aromatic carbocycles. The van der Waals surface area contributed by atoms with E-state index in [-0.39, 0.29) is 39.3 Å². The molecule has 3 heterocycles. The van der Waals surface area contributed by atoms with Crippen LogP contribution in [-0.4, -0.2) is 77.3 Å². The van der Waals surface area contributed by atoms with E-state index >= 15 is 4.39 Å². The van der Waals surface area contributed by atoms with E-state index in [0.717, 1.165) is 22.2 Å². The average Bonchev–Trinajstić information content (AvgIpc) is 3.39. The van der Waals surface area contributed by atoms with Crippen molar-refractivity contribution in [3.8, 4) is 0 Å². The fourth-order valence-corrected chi connectivity index (χ4v) is 4.84. The van der Waals surface area contributed by atoms with Gasteiger partial charge in [-0.15, -0.1) is 0 Å². The van der Waals surface area contributed by atoms with Gasteiger partial charge in [0.05, 0.1) is 38.2 Å². The summed E-state index contributed by atoms with van der Waals surface area (Å²) in [6, 6.07) is 5.01. The lowest BCUT2D eigenvalue weighted by Gasteiger charge is -2.33. The molecule has 2 fully saturated rings.